The number of carbonyl (C=O) groups excluding carboxylic acids is 2. The minimum absolute atomic E-state index is 0.214. The number of nitrogens with zero attached hydrogens (tertiary/aromatic N) is 2. The van der Waals surface area contributed by atoms with Gasteiger partial charge in [0, 0.05) is 37.8 Å². The Morgan fingerprint density at radius 2 is 1.77 bits per heavy atom. The summed E-state index contributed by atoms with van der Waals surface area (Å²) in [6, 6.07) is 11.5. The normalized spacial score (nSPS) is 19.0. The third-order valence-electron chi connectivity index (χ3n) is 5.78. The number of hydrogen-bond acceptors (Lipinski definition) is 4. The molecule has 2 amide bonds. The van der Waals surface area contributed by atoms with E-state index in [2.05, 4.69) is 5.32 Å². The molecule has 8 heteroatoms. The molecule has 2 aliphatic rings. The standard InChI is InChI=1S/C22H25N3O4S/c1-15-7-3-4-8-19(15)23-22(27)21-14-17-13-18(9-10-20(17)25(21)16(2)26)30(28,29)24-11-5-6-12-24/h3-4,7-10,13,21H,5-6,11-12,14H2,1-2H3,(H,23,27)/t21-/m1/s1. The lowest BCUT2D eigenvalue weighted by atomic mass is 10.1. The predicted molar refractivity (Wildman–Crippen MR) is 115 cm³/mol. The molecule has 1 saturated heterocycles. The number of benzene rings is 2. The van der Waals surface area contributed by atoms with Crippen LogP contribution in [0.1, 0.15) is 30.9 Å². The fraction of sp³-hybridized carbons (Fsp3) is 0.364. The zero-order chi connectivity index (χ0) is 21.5. The van der Waals surface area contributed by atoms with Crippen LogP contribution in [0.3, 0.4) is 0 Å². The molecule has 1 atom stereocenters. The Bertz CT molecular complexity index is 1110. The number of sulfonamides is 1. The van der Waals surface area contributed by atoms with Crippen LogP contribution in [0, 0.1) is 6.92 Å². The molecule has 0 spiro atoms. The molecule has 2 aromatic rings. The number of amides is 2. The van der Waals surface area contributed by atoms with E-state index in [1.165, 1.54) is 22.2 Å². The van der Waals surface area contributed by atoms with Crippen molar-refractivity contribution < 1.29 is 18.0 Å². The van der Waals surface area contributed by atoms with Crippen LogP contribution in [-0.2, 0) is 26.0 Å². The molecular formula is C22H25N3O4S. The molecule has 0 aromatic heterocycles. The number of hydrogen-bond donors (Lipinski definition) is 1. The molecule has 1 fully saturated rings. The van der Waals surface area contributed by atoms with Gasteiger partial charge in [-0.25, -0.2) is 8.42 Å². The maximum Gasteiger partial charge on any atom is 0.247 e. The van der Waals surface area contributed by atoms with Crippen molar-refractivity contribution >= 4 is 33.2 Å². The molecule has 2 aliphatic heterocycles. The lowest BCUT2D eigenvalue weighted by Gasteiger charge is -2.24. The monoisotopic (exact) mass is 427 g/mol. The Balaban J connectivity index is 1.63. The van der Waals surface area contributed by atoms with E-state index in [0.717, 1.165) is 18.4 Å². The fourth-order valence-corrected chi connectivity index (χ4v) is 5.76. The minimum atomic E-state index is -3.56. The molecule has 0 bridgehead atoms. The van der Waals surface area contributed by atoms with Gasteiger partial charge in [0.2, 0.25) is 21.8 Å². The van der Waals surface area contributed by atoms with Crippen LogP contribution in [0.4, 0.5) is 11.4 Å². The molecule has 1 N–H and O–H groups in total. The molecule has 0 aliphatic carbocycles. The summed E-state index contributed by atoms with van der Waals surface area (Å²) in [6.07, 6.45) is 2.00. The van der Waals surface area contributed by atoms with E-state index in [1.54, 1.807) is 12.1 Å². The van der Waals surface area contributed by atoms with Crippen LogP contribution in [0.25, 0.3) is 0 Å². The Morgan fingerprint density at radius 1 is 1.07 bits per heavy atom. The number of nitrogens with one attached hydrogen (secondary N) is 1. The SMILES string of the molecule is CC(=O)N1c2ccc(S(=O)(=O)N3CCCC3)cc2C[C@@H]1C(=O)Nc1ccccc1C. The van der Waals surface area contributed by atoms with Gasteiger partial charge < -0.3 is 5.32 Å². The van der Waals surface area contributed by atoms with Gasteiger partial charge in [-0.3, -0.25) is 14.5 Å². The zero-order valence-electron chi connectivity index (χ0n) is 17.1. The summed E-state index contributed by atoms with van der Waals surface area (Å²) in [6.45, 7) is 4.37. The Hall–Kier alpha value is -2.71. The van der Waals surface area contributed by atoms with Gasteiger partial charge in [0.1, 0.15) is 6.04 Å². The topological polar surface area (TPSA) is 86.8 Å². The smallest absolute Gasteiger partial charge is 0.247 e. The molecule has 0 saturated carbocycles. The van der Waals surface area contributed by atoms with Crippen molar-refractivity contribution in [2.75, 3.05) is 23.3 Å². The van der Waals surface area contributed by atoms with Crippen LogP contribution in [0.5, 0.6) is 0 Å². The Morgan fingerprint density at radius 3 is 2.43 bits per heavy atom. The summed E-state index contributed by atoms with van der Waals surface area (Å²) < 4.78 is 27.3. The first-order valence-electron chi connectivity index (χ1n) is 10.1. The first-order chi connectivity index (χ1) is 14.3. The van der Waals surface area contributed by atoms with Crippen molar-refractivity contribution in [3.63, 3.8) is 0 Å². The van der Waals surface area contributed by atoms with Crippen LogP contribution >= 0.6 is 0 Å². The highest BCUT2D eigenvalue weighted by Crippen LogP contribution is 2.35. The third-order valence-corrected chi connectivity index (χ3v) is 7.68. The van der Waals surface area contributed by atoms with Crippen molar-refractivity contribution in [2.24, 2.45) is 0 Å². The molecule has 4 rings (SSSR count). The maximum atomic E-state index is 13.0. The average molecular weight is 428 g/mol. The number of anilines is 2. The molecule has 0 radical (unpaired) electrons. The second-order valence-electron chi connectivity index (χ2n) is 7.81. The van der Waals surface area contributed by atoms with E-state index in [0.29, 0.717) is 30.0 Å². The summed E-state index contributed by atoms with van der Waals surface area (Å²) in [5, 5.41) is 2.90. The lowest BCUT2D eigenvalue weighted by Crippen LogP contribution is -2.44. The lowest BCUT2D eigenvalue weighted by molar-refractivity contribution is -0.122. The summed E-state index contributed by atoms with van der Waals surface area (Å²) in [5.74, 6) is -0.548. The largest absolute Gasteiger partial charge is 0.324 e. The quantitative estimate of drug-likeness (QED) is 0.813. The first-order valence-corrected chi connectivity index (χ1v) is 11.5. The highest BCUT2D eigenvalue weighted by molar-refractivity contribution is 7.89. The molecule has 2 heterocycles. The first kappa shape index (κ1) is 20.6. The zero-order valence-corrected chi connectivity index (χ0v) is 17.9. The van der Waals surface area contributed by atoms with Crippen molar-refractivity contribution in [3.05, 3.63) is 53.6 Å². The highest BCUT2D eigenvalue weighted by atomic mass is 32.2. The van der Waals surface area contributed by atoms with Crippen molar-refractivity contribution in [3.8, 4) is 0 Å². The number of para-hydroxylation sites is 1. The van der Waals surface area contributed by atoms with Crippen molar-refractivity contribution in [2.45, 2.75) is 44.0 Å². The second-order valence-corrected chi connectivity index (χ2v) is 9.75. The summed E-state index contributed by atoms with van der Waals surface area (Å²) in [4.78, 5) is 27.0. The average Bonchev–Trinajstić information content (AvgIpc) is 3.37. The van der Waals surface area contributed by atoms with Gasteiger partial charge in [0.15, 0.2) is 0 Å². The summed E-state index contributed by atoms with van der Waals surface area (Å²) >= 11 is 0. The van der Waals surface area contributed by atoms with E-state index in [-0.39, 0.29) is 23.1 Å². The third kappa shape index (κ3) is 3.61. The van der Waals surface area contributed by atoms with Crippen LogP contribution in [0.2, 0.25) is 0 Å². The van der Waals surface area contributed by atoms with Crippen molar-refractivity contribution in [1.29, 1.82) is 0 Å². The summed E-state index contributed by atoms with van der Waals surface area (Å²) in [7, 11) is -3.56. The Kier molecular flexibility index (Phi) is 5.38. The number of rotatable bonds is 4. The van der Waals surface area contributed by atoms with Crippen LogP contribution in [0.15, 0.2) is 47.4 Å². The van der Waals surface area contributed by atoms with Gasteiger partial charge in [0.25, 0.3) is 0 Å². The molecule has 158 valence electrons. The van der Waals surface area contributed by atoms with Crippen molar-refractivity contribution in [1.82, 2.24) is 4.31 Å². The minimum Gasteiger partial charge on any atom is -0.324 e. The van der Waals surface area contributed by atoms with E-state index in [1.807, 2.05) is 31.2 Å². The van der Waals surface area contributed by atoms with Gasteiger partial charge in [-0.05, 0) is 55.2 Å². The highest BCUT2D eigenvalue weighted by Gasteiger charge is 2.38. The van der Waals surface area contributed by atoms with Gasteiger partial charge in [-0.1, -0.05) is 18.2 Å². The van der Waals surface area contributed by atoms with Crippen LogP contribution in [-0.4, -0.2) is 43.7 Å². The molecule has 30 heavy (non-hydrogen) atoms. The fourth-order valence-electron chi connectivity index (χ4n) is 4.19. The van der Waals surface area contributed by atoms with Gasteiger partial charge in [0.05, 0.1) is 4.90 Å². The summed E-state index contributed by atoms with van der Waals surface area (Å²) in [5.41, 5.74) is 2.90. The predicted octanol–water partition coefficient (Wildman–Crippen LogP) is 2.70. The number of carbonyl (C=O) groups is 2. The molecule has 0 unspecified atom stereocenters. The maximum absolute atomic E-state index is 13.0. The van der Waals surface area contributed by atoms with Gasteiger partial charge in [-0.2, -0.15) is 4.31 Å². The Labute approximate surface area is 176 Å². The van der Waals surface area contributed by atoms with E-state index in [9.17, 15) is 18.0 Å². The van der Waals surface area contributed by atoms with Crippen LogP contribution < -0.4 is 10.2 Å². The number of aryl methyl sites for hydroxylation is 1. The van der Waals surface area contributed by atoms with Gasteiger partial charge in [-0.15, -0.1) is 0 Å². The molecular weight excluding hydrogens is 402 g/mol. The molecule has 2 aromatic carbocycles. The van der Waals surface area contributed by atoms with E-state index in [4.69, 9.17) is 0 Å². The van der Waals surface area contributed by atoms with E-state index < -0.39 is 16.1 Å². The van der Waals surface area contributed by atoms with E-state index >= 15 is 0 Å². The van der Waals surface area contributed by atoms with Gasteiger partial charge >= 0.3 is 0 Å². The molecule has 7 nitrogen and oxygen atoms in total. The number of fused-ring (bicyclic) bond motifs is 1. The second kappa shape index (κ2) is 7.85.